The van der Waals surface area contributed by atoms with Gasteiger partial charge in [0.1, 0.15) is 0 Å². The van der Waals surface area contributed by atoms with Crippen LogP contribution in [0.5, 0.6) is 0 Å². The van der Waals surface area contributed by atoms with Gasteiger partial charge in [0, 0.05) is 29.3 Å². The van der Waals surface area contributed by atoms with Crippen LogP contribution < -0.4 is 10.6 Å². The zero-order valence-electron chi connectivity index (χ0n) is 17.6. The van der Waals surface area contributed by atoms with Gasteiger partial charge in [0.25, 0.3) is 5.91 Å². The molecule has 1 unspecified atom stereocenters. The third kappa shape index (κ3) is 7.90. The highest BCUT2D eigenvalue weighted by Gasteiger charge is 2.21. The Morgan fingerprint density at radius 2 is 1.90 bits per heavy atom. The predicted molar refractivity (Wildman–Crippen MR) is 122 cm³/mol. The SMILES string of the molecule is COCCNC(=O)CSc1ccccc1C(=O)OC(C)C(=O)Nc1cc(Cl)ccc1C. The number of thioether (sulfide) groups is 1. The number of aryl methyl sites for hydroxylation is 1. The molecule has 31 heavy (non-hydrogen) atoms. The molecule has 0 heterocycles. The van der Waals surface area contributed by atoms with E-state index in [0.717, 1.165) is 5.56 Å². The second kappa shape index (κ2) is 12.3. The van der Waals surface area contributed by atoms with E-state index < -0.39 is 18.0 Å². The first-order valence-electron chi connectivity index (χ1n) is 9.57. The molecule has 0 saturated heterocycles. The van der Waals surface area contributed by atoms with Crippen LogP contribution in [0.25, 0.3) is 0 Å². The summed E-state index contributed by atoms with van der Waals surface area (Å²) in [6.45, 7) is 4.17. The number of nitrogens with one attached hydrogen (secondary N) is 2. The lowest BCUT2D eigenvalue weighted by atomic mass is 10.2. The highest BCUT2D eigenvalue weighted by Crippen LogP contribution is 2.24. The average molecular weight is 465 g/mol. The van der Waals surface area contributed by atoms with E-state index in [1.807, 2.05) is 6.92 Å². The van der Waals surface area contributed by atoms with E-state index in [1.165, 1.54) is 18.7 Å². The molecule has 1 atom stereocenters. The summed E-state index contributed by atoms with van der Waals surface area (Å²) >= 11 is 7.19. The van der Waals surface area contributed by atoms with Gasteiger partial charge in [-0.3, -0.25) is 9.59 Å². The van der Waals surface area contributed by atoms with E-state index >= 15 is 0 Å². The lowest BCUT2D eigenvalue weighted by Crippen LogP contribution is -2.30. The summed E-state index contributed by atoms with van der Waals surface area (Å²) in [6.07, 6.45) is -1.03. The maximum Gasteiger partial charge on any atom is 0.340 e. The second-order valence-corrected chi connectivity index (χ2v) is 8.08. The lowest BCUT2D eigenvalue weighted by molar-refractivity contribution is -0.123. The van der Waals surface area contributed by atoms with Gasteiger partial charge >= 0.3 is 5.97 Å². The summed E-state index contributed by atoms with van der Waals surface area (Å²) in [4.78, 5) is 37.6. The molecule has 2 aromatic rings. The number of rotatable bonds is 10. The van der Waals surface area contributed by atoms with Crippen molar-refractivity contribution in [2.75, 3.05) is 31.3 Å². The minimum atomic E-state index is -1.03. The third-order valence-corrected chi connectivity index (χ3v) is 5.51. The summed E-state index contributed by atoms with van der Waals surface area (Å²) in [5.41, 5.74) is 1.67. The van der Waals surface area contributed by atoms with Crippen LogP contribution in [0, 0.1) is 6.92 Å². The number of esters is 1. The molecule has 0 aromatic heterocycles. The van der Waals surface area contributed by atoms with Crippen molar-refractivity contribution < 1.29 is 23.9 Å². The fourth-order valence-electron chi connectivity index (χ4n) is 2.49. The molecule has 0 radical (unpaired) electrons. The van der Waals surface area contributed by atoms with Crippen molar-refractivity contribution in [1.82, 2.24) is 5.32 Å². The van der Waals surface area contributed by atoms with Crippen LogP contribution >= 0.6 is 23.4 Å². The van der Waals surface area contributed by atoms with E-state index in [1.54, 1.807) is 49.6 Å². The molecule has 2 amide bonds. The van der Waals surface area contributed by atoms with Gasteiger partial charge in [-0.25, -0.2) is 4.79 Å². The van der Waals surface area contributed by atoms with Crippen molar-refractivity contribution in [1.29, 1.82) is 0 Å². The summed E-state index contributed by atoms with van der Waals surface area (Å²) < 4.78 is 10.2. The Morgan fingerprint density at radius 1 is 1.16 bits per heavy atom. The number of amides is 2. The number of carbonyl (C=O) groups excluding carboxylic acids is 3. The van der Waals surface area contributed by atoms with Crippen LogP contribution in [0.1, 0.15) is 22.8 Å². The fraction of sp³-hybridized carbons (Fsp3) is 0.318. The van der Waals surface area contributed by atoms with E-state index in [4.69, 9.17) is 21.1 Å². The molecular formula is C22H25ClN2O5S. The zero-order valence-corrected chi connectivity index (χ0v) is 19.1. The molecular weight excluding hydrogens is 440 g/mol. The molecule has 0 fully saturated rings. The molecule has 0 spiro atoms. The van der Waals surface area contributed by atoms with Gasteiger partial charge in [-0.05, 0) is 43.7 Å². The second-order valence-electron chi connectivity index (χ2n) is 6.62. The highest BCUT2D eigenvalue weighted by atomic mass is 35.5. The number of hydrogen-bond donors (Lipinski definition) is 2. The van der Waals surface area contributed by atoms with Crippen LogP contribution in [0.3, 0.4) is 0 Å². The van der Waals surface area contributed by atoms with Crippen molar-refractivity contribution in [3.05, 3.63) is 58.6 Å². The van der Waals surface area contributed by atoms with E-state index in [0.29, 0.717) is 28.8 Å². The van der Waals surface area contributed by atoms with Crippen LogP contribution in [0.2, 0.25) is 5.02 Å². The first-order chi connectivity index (χ1) is 14.8. The Hall–Kier alpha value is -2.55. The third-order valence-electron chi connectivity index (χ3n) is 4.20. The number of halogens is 1. The minimum absolute atomic E-state index is 0.137. The average Bonchev–Trinajstić information content (AvgIpc) is 2.75. The van der Waals surface area contributed by atoms with Crippen LogP contribution in [-0.4, -0.2) is 49.9 Å². The van der Waals surface area contributed by atoms with Crippen molar-refractivity contribution >= 4 is 46.8 Å². The van der Waals surface area contributed by atoms with E-state index in [2.05, 4.69) is 10.6 Å². The molecule has 0 aliphatic carbocycles. The Kier molecular flexibility index (Phi) is 9.84. The maximum absolute atomic E-state index is 12.7. The van der Waals surface area contributed by atoms with E-state index in [-0.39, 0.29) is 17.2 Å². The number of methoxy groups -OCH3 is 1. The number of hydrogen-bond acceptors (Lipinski definition) is 6. The summed E-state index contributed by atoms with van der Waals surface area (Å²) in [5, 5.41) is 5.92. The Balaban J connectivity index is 1.97. The van der Waals surface area contributed by atoms with Crippen LogP contribution in [-0.2, 0) is 19.1 Å². The Labute approximate surface area is 190 Å². The monoisotopic (exact) mass is 464 g/mol. The number of benzene rings is 2. The smallest absolute Gasteiger partial charge is 0.340 e. The molecule has 0 aliphatic heterocycles. The standard InChI is InChI=1S/C22H25ClN2O5S/c1-14-8-9-16(23)12-18(14)25-21(27)15(2)30-22(28)17-6-4-5-7-19(17)31-13-20(26)24-10-11-29-3/h4-9,12,15H,10-11,13H2,1-3H3,(H,24,26)(H,25,27). The molecule has 2 aromatic carbocycles. The highest BCUT2D eigenvalue weighted by molar-refractivity contribution is 8.00. The maximum atomic E-state index is 12.7. The Bertz CT molecular complexity index is 938. The number of anilines is 1. The quantitative estimate of drug-likeness (QED) is 0.316. The number of ether oxygens (including phenoxy) is 2. The first-order valence-corrected chi connectivity index (χ1v) is 10.9. The molecule has 0 saturated carbocycles. The molecule has 0 aliphatic rings. The van der Waals surface area contributed by atoms with Gasteiger partial charge in [0.05, 0.1) is 17.9 Å². The van der Waals surface area contributed by atoms with E-state index in [9.17, 15) is 14.4 Å². The van der Waals surface area contributed by atoms with Gasteiger partial charge < -0.3 is 20.1 Å². The van der Waals surface area contributed by atoms with Gasteiger partial charge in [0.15, 0.2) is 6.10 Å². The number of carbonyl (C=O) groups is 3. The van der Waals surface area contributed by atoms with Gasteiger partial charge in [-0.15, -0.1) is 11.8 Å². The molecule has 7 nitrogen and oxygen atoms in total. The topological polar surface area (TPSA) is 93.7 Å². The molecule has 2 rings (SSSR count). The lowest BCUT2D eigenvalue weighted by Gasteiger charge is -2.16. The first kappa shape index (κ1) is 24.7. The van der Waals surface area contributed by atoms with Crippen LogP contribution in [0.4, 0.5) is 5.69 Å². The summed E-state index contributed by atoms with van der Waals surface area (Å²) in [6, 6.07) is 11.9. The van der Waals surface area contributed by atoms with Crippen molar-refractivity contribution in [3.63, 3.8) is 0 Å². The van der Waals surface area contributed by atoms with Crippen molar-refractivity contribution in [2.24, 2.45) is 0 Å². The normalized spacial score (nSPS) is 11.5. The predicted octanol–water partition coefficient (Wildman–Crippen LogP) is 3.69. The minimum Gasteiger partial charge on any atom is -0.449 e. The zero-order chi connectivity index (χ0) is 22.8. The largest absolute Gasteiger partial charge is 0.449 e. The summed E-state index contributed by atoms with van der Waals surface area (Å²) in [5.74, 6) is -1.15. The van der Waals surface area contributed by atoms with Gasteiger partial charge in [0.2, 0.25) is 5.91 Å². The summed E-state index contributed by atoms with van der Waals surface area (Å²) in [7, 11) is 1.56. The molecule has 2 N–H and O–H groups in total. The molecule has 166 valence electrons. The Morgan fingerprint density at radius 3 is 2.65 bits per heavy atom. The van der Waals surface area contributed by atoms with Crippen molar-refractivity contribution in [3.8, 4) is 0 Å². The van der Waals surface area contributed by atoms with Gasteiger partial charge in [-0.1, -0.05) is 29.8 Å². The molecule has 9 heteroatoms. The molecule has 0 bridgehead atoms. The van der Waals surface area contributed by atoms with Crippen molar-refractivity contribution in [2.45, 2.75) is 24.8 Å². The van der Waals surface area contributed by atoms with Crippen LogP contribution in [0.15, 0.2) is 47.4 Å². The van der Waals surface area contributed by atoms with Gasteiger partial charge in [-0.2, -0.15) is 0 Å². The fourth-order valence-corrected chi connectivity index (χ4v) is 3.53.